The van der Waals surface area contributed by atoms with Gasteiger partial charge in [-0.1, -0.05) is 61.5 Å². The predicted molar refractivity (Wildman–Crippen MR) is 122 cm³/mol. The topological polar surface area (TPSA) is 110 Å². The SMILES string of the molecule is CC(c1ccc(OS(=O)(=O)C(F)(F)F)cc1)[C@H](Nc1ccccc1C(=O)c1ccccc1)C(=O)O. The van der Waals surface area contributed by atoms with Crippen LogP contribution >= 0.6 is 0 Å². The lowest BCUT2D eigenvalue weighted by molar-refractivity contribution is -0.138. The van der Waals surface area contributed by atoms with E-state index in [9.17, 15) is 36.3 Å². The highest BCUT2D eigenvalue weighted by Gasteiger charge is 2.48. The van der Waals surface area contributed by atoms with Crippen molar-refractivity contribution in [3.05, 3.63) is 95.6 Å². The first-order valence-corrected chi connectivity index (χ1v) is 11.6. The quantitative estimate of drug-likeness (QED) is 0.243. The summed E-state index contributed by atoms with van der Waals surface area (Å²) in [6, 6.07) is 18.2. The summed E-state index contributed by atoms with van der Waals surface area (Å²) >= 11 is 0. The average molecular weight is 507 g/mol. The number of rotatable bonds is 9. The number of hydrogen-bond acceptors (Lipinski definition) is 6. The Morgan fingerprint density at radius 3 is 2.06 bits per heavy atom. The van der Waals surface area contributed by atoms with Gasteiger partial charge in [-0.25, -0.2) is 4.79 Å². The molecule has 0 fully saturated rings. The van der Waals surface area contributed by atoms with Crippen LogP contribution in [0.2, 0.25) is 0 Å². The molecule has 0 radical (unpaired) electrons. The van der Waals surface area contributed by atoms with Gasteiger partial charge in [0.25, 0.3) is 0 Å². The monoisotopic (exact) mass is 507 g/mol. The fraction of sp³-hybridized carbons (Fsp3) is 0.167. The van der Waals surface area contributed by atoms with E-state index in [0.717, 1.165) is 12.1 Å². The molecule has 3 rings (SSSR count). The maximum atomic E-state index is 12.9. The highest BCUT2D eigenvalue weighted by Crippen LogP contribution is 2.30. The van der Waals surface area contributed by atoms with Crippen molar-refractivity contribution in [2.75, 3.05) is 5.32 Å². The minimum absolute atomic E-state index is 0.262. The zero-order valence-electron chi connectivity index (χ0n) is 18.2. The predicted octanol–water partition coefficient (Wildman–Crippen LogP) is 4.81. The van der Waals surface area contributed by atoms with Crippen molar-refractivity contribution in [2.24, 2.45) is 0 Å². The Morgan fingerprint density at radius 2 is 1.49 bits per heavy atom. The van der Waals surface area contributed by atoms with Crippen LogP contribution in [0.1, 0.15) is 34.3 Å². The molecule has 0 saturated carbocycles. The first-order valence-electron chi connectivity index (χ1n) is 10.2. The molecule has 0 aliphatic heterocycles. The Morgan fingerprint density at radius 1 is 0.914 bits per heavy atom. The standard InChI is InChI=1S/C24H20F3NO6S/c1-15(16-11-13-18(14-12-16)34-35(32,33)24(25,26)27)21(23(30)31)28-20-10-6-5-9-19(20)22(29)17-7-3-2-4-8-17/h2-15,21,28H,1H3,(H,30,31)/t15?,21-/m0/s1. The fourth-order valence-corrected chi connectivity index (χ4v) is 3.77. The van der Waals surface area contributed by atoms with Gasteiger partial charge in [0.05, 0.1) is 0 Å². The van der Waals surface area contributed by atoms with Crippen LogP contribution in [-0.2, 0) is 14.9 Å². The number of carbonyl (C=O) groups is 2. The van der Waals surface area contributed by atoms with Crippen molar-refractivity contribution in [1.29, 1.82) is 0 Å². The number of benzene rings is 3. The molecule has 11 heteroatoms. The van der Waals surface area contributed by atoms with Crippen molar-refractivity contribution < 1.29 is 40.5 Å². The molecule has 1 unspecified atom stereocenters. The lowest BCUT2D eigenvalue weighted by Gasteiger charge is -2.24. The third-order valence-corrected chi connectivity index (χ3v) is 6.16. The molecule has 7 nitrogen and oxygen atoms in total. The van der Waals surface area contributed by atoms with Crippen LogP contribution in [-0.4, -0.2) is 36.8 Å². The molecule has 3 aromatic rings. The summed E-state index contributed by atoms with van der Waals surface area (Å²) < 4.78 is 63.9. The number of para-hydroxylation sites is 1. The van der Waals surface area contributed by atoms with E-state index in [2.05, 4.69) is 9.50 Å². The molecule has 0 aliphatic rings. The normalized spacial score (nSPS) is 13.5. The van der Waals surface area contributed by atoms with Crippen LogP contribution in [0, 0.1) is 0 Å². The van der Waals surface area contributed by atoms with Crippen molar-refractivity contribution in [1.82, 2.24) is 0 Å². The number of aliphatic carboxylic acids is 1. The van der Waals surface area contributed by atoms with E-state index in [4.69, 9.17) is 0 Å². The number of carboxylic acid groups (broad SMARTS) is 1. The van der Waals surface area contributed by atoms with Crippen LogP contribution < -0.4 is 9.50 Å². The number of anilines is 1. The number of alkyl halides is 3. The van der Waals surface area contributed by atoms with Crippen LogP contribution in [0.15, 0.2) is 78.9 Å². The van der Waals surface area contributed by atoms with E-state index in [1.165, 1.54) is 12.1 Å². The third-order valence-electron chi connectivity index (χ3n) is 5.18. The molecule has 0 aliphatic carbocycles. The summed E-state index contributed by atoms with van der Waals surface area (Å²) in [5, 5.41) is 12.7. The van der Waals surface area contributed by atoms with Gasteiger partial charge < -0.3 is 14.6 Å². The Balaban J connectivity index is 1.84. The fourth-order valence-electron chi connectivity index (χ4n) is 3.31. The van der Waals surface area contributed by atoms with E-state index < -0.39 is 39.3 Å². The Bertz CT molecular complexity index is 1310. The highest BCUT2D eigenvalue weighted by atomic mass is 32.2. The highest BCUT2D eigenvalue weighted by molar-refractivity contribution is 7.88. The second-order valence-corrected chi connectivity index (χ2v) is 9.08. The molecule has 3 aromatic carbocycles. The molecular weight excluding hydrogens is 487 g/mol. The van der Waals surface area contributed by atoms with E-state index >= 15 is 0 Å². The minimum Gasteiger partial charge on any atom is -0.480 e. The molecule has 0 amide bonds. The average Bonchev–Trinajstić information content (AvgIpc) is 2.82. The van der Waals surface area contributed by atoms with Gasteiger partial charge in [-0.15, -0.1) is 0 Å². The van der Waals surface area contributed by atoms with Gasteiger partial charge in [-0.3, -0.25) is 4.79 Å². The van der Waals surface area contributed by atoms with Gasteiger partial charge in [-0.2, -0.15) is 21.6 Å². The van der Waals surface area contributed by atoms with E-state index in [-0.39, 0.29) is 17.0 Å². The molecule has 0 spiro atoms. The van der Waals surface area contributed by atoms with Crippen LogP contribution in [0.25, 0.3) is 0 Å². The summed E-state index contributed by atoms with van der Waals surface area (Å²) in [5.41, 5.74) is -4.23. The zero-order chi connectivity index (χ0) is 25.8. The molecule has 2 N–H and O–H groups in total. The van der Waals surface area contributed by atoms with Crippen molar-refractivity contribution in [2.45, 2.75) is 24.4 Å². The molecule has 184 valence electrons. The Labute approximate surface area is 199 Å². The summed E-state index contributed by atoms with van der Waals surface area (Å²) in [4.78, 5) is 25.0. The largest absolute Gasteiger partial charge is 0.534 e. The number of hydrogen-bond donors (Lipinski definition) is 2. The second kappa shape index (κ2) is 10.2. The Kier molecular flexibility index (Phi) is 7.49. The van der Waals surface area contributed by atoms with E-state index in [0.29, 0.717) is 11.1 Å². The minimum atomic E-state index is -5.83. The van der Waals surface area contributed by atoms with Crippen molar-refractivity contribution in [3.63, 3.8) is 0 Å². The van der Waals surface area contributed by atoms with E-state index in [1.807, 2.05) is 0 Å². The molecule has 35 heavy (non-hydrogen) atoms. The maximum absolute atomic E-state index is 12.9. The number of carbonyl (C=O) groups excluding carboxylic acids is 1. The summed E-state index contributed by atoms with van der Waals surface area (Å²) in [5.74, 6) is -2.85. The van der Waals surface area contributed by atoms with Gasteiger partial charge in [0.15, 0.2) is 5.78 Å². The van der Waals surface area contributed by atoms with Gasteiger partial charge in [0.1, 0.15) is 11.8 Å². The molecular formula is C24H20F3NO6S. The van der Waals surface area contributed by atoms with Crippen LogP contribution in [0.3, 0.4) is 0 Å². The van der Waals surface area contributed by atoms with Gasteiger partial charge >= 0.3 is 21.6 Å². The zero-order valence-corrected chi connectivity index (χ0v) is 19.0. The molecule has 0 saturated heterocycles. The lowest BCUT2D eigenvalue weighted by Crippen LogP contribution is -2.35. The number of halogens is 3. The summed E-state index contributed by atoms with van der Waals surface area (Å²) in [6.45, 7) is 1.57. The third kappa shape index (κ3) is 5.99. The van der Waals surface area contributed by atoms with Crippen LogP contribution in [0.5, 0.6) is 5.75 Å². The lowest BCUT2D eigenvalue weighted by atomic mass is 9.92. The smallest absolute Gasteiger partial charge is 0.480 e. The van der Waals surface area contributed by atoms with Gasteiger partial charge in [0.2, 0.25) is 0 Å². The molecule has 0 bridgehead atoms. The van der Waals surface area contributed by atoms with E-state index in [1.54, 1.807) is 61.5 Å². The molecule has 0 heterocycles. The van der Waals surface area contributed by atoms with Crippen molar-refractivity contribution >= 4 is 27.6 Å². The second-order valence-electron chi connectivity index (χ2n) is 7.54. The number of ketones is 1. The number of carboxylic acids is 1. The molecule has 0 aromatic heterocycles. The Hall–Kier alpha value is -3.86. The number of nitrogens with one attached hydrogen (secondary N) is 1. The van der Waals surface area contributed by atoms with Gasteiger partial charge in [-0.05, 0) is 29.8 Å². The summed E-state index contributed by atoms with van der Waals surface area (Å²) in [6.07, 6.45) is 0. The maximum Gasteiger partial charge on any atom is 0.534 e. The summed E-state index contributed by atoms with van der Waals surface area (Å²) in [7, 11) is -5.83. The molecule has 2 atom stereocenters. The first-order chi connectivity index (χ1) is 16.4. The van der Waals surface area contributed by atoms with Gasteiger partial charge in [0, 0.05) is 22.7 Å². The van der Waals surface area contributed by atoms with Crippen LogP contribution in [0.4, 0.5) is 18.9 Å². The van der Waals surface area contributed by atoms with Crippen molar-refractivity contribution in [3.8, 4) is 5.75 Å². The first kappa shape index (κ1) is 25.8.